The van der Waals surface area contributed by atoms with E-state index >= 15 is 0 Å². The fourth-order valence-corrected chi connectivity index (χ4v) is 4.04. The number of piperidine rings is 1. The first kappa shape index (κ1) is 18.3. The van der Waals surface area contributed by atoms with Gasteiger partial charge in [-0.1, -0.05) is 12.1 Å². The lowest BCUT2D eigenvalue weighted by Crippen LogP contribution is -2.51. The number of likely N-dealkylation sites (N-methyl/N-ethyl adjacent to an activating group) is 1. The molecule has 0 aliphatic carbocycles. The third kappa shape index (κ3) is 5.00. The van der Waals surface area contributed by atoms with Crippen molar-refractivity contribution in [3.63, 3.8) is 0 Å². The van der Waals surface area contributed by atoms with Crippen LogP contribution in [0, 0.1) is 11.2 Å². The number of hydrogen-bond acceptors (Lipinski definition) is 4. The van der Waals surface area contributed by atoms with E-state index in [0.29, 0.717) is 13.2 Å². The van der Waals surface area contributed by atoms with Crippen LogP contribution in [0.15, 0.2) is 24.3 Å². The average molecular weight is 349 g/mol. The van der Waals surface area contributed by atoms with Gasteiger partial charge < -0.3 is 10.1 Å². The summed E-state index contributed by atoms with van der Waals surface area (Å²) in [7, 11) is 1.68. The van der Waals surface area contributed by atoms with E-state index in [-0.39, 0.29) is 17.1 Å². The fourth-order valence-electron chi connectivity index (χ4n) is 4.04. The SMILES string of the molecule is CNC(=O)CN1CCOC[C@]2(CCCN(Cc3ccc(F)cc3)C2)C1. The highest BCUT2D eigenvalue weighted by Gasteiger charge is 2.39. The van der Waals surface area contributed by atoms with Crippen LogP contribution in [0.5, 0.6) is 0 Å². The van der Waals surface area contributed by atoms with Gasteiger partial charge >= 0.3 is 0 Å². The van der Waals surface area contributed by atoms with Crippen LogP contribution >= 0.6 is 0 Å². The van der Waals surface area contributed by atoms with Crippen molar-refractivity contribution in [3.8, 4) is 0 Å². The van der Waals surface area contributed by atoms with Gasteiger partial charge in [-0.25, -0.2) is 4.39 Å². The number of hydrogen-bond donors (Lipinski definition) is 1. The van der Waals surface area contributed by atoms with E-state index in [9.17, 15) is 9.18 Å². The zero-order chi connectivity index (χ0) is 17.7. The van der Waals surface area contributed by atoms with Crippen molar-refractivity contribution >= 4 is 5.91 Å². The second-order valence-corrected chi connectivity index (χ2v) is 7.38. The Morgan fingerprint density at radius 1 is 1.24 bits per heavy atom. The Hall–Kier alpha value is -1.50. The van der Waals surface area contributed by atoms with Crippen LogP contribution in [-0.4, -0.2) is 68.7 Å². The van der Waals surface area contributed by atoms with Gasteiger partial charge in [-0.2, -0.15) is 0 Å². The topological polar surface area (TPSA) is 44.8 Å². The standard InChI is InChI=1S/C19H28FN3O2/c1-21-18(24)12-23-9-10-25-15-19(14-23)7-2-8-22(13-19)11-16-3-5-17(20)6-4-16/h3-6H,2,7-15H2,1H3,(H,21,24)/t19-/m0/s1. The molecule has 138 valence electrons. The lowest BCUT2D eigenvalue weighted by atomic mass is 9.80. The minimum absolute atomic E-state index is 0.0519. The lowest BCUT2D eigenvalue weighted by molar-refractivity contribution is -0.122. The molecule has 0 radical (unpaired) electrons. The Bertz CT molecular complexity index is 581. The van der Waals surface area contributed by atoms with E-state index in [0.717, 1.165) is 57.7 Å². The predicted molar refractivity (Wildman–Crippen MR) is 94.7 cm³/mol. The van der Waals surface area contributed by atoms with Crippen molar-refractivity contribution in [1.82, 2.24) is 15.1 Å². The molecule has 0 bridgehead atoms. The van der Waals surface area contributed by atoms with Crippen LogP contribution in [0.3, 0.4) is 0 Å². The summed E-state index contributed by atoms with van der Waals surface area (Å²) in [5.74, 6) is -0.142. The van der Waals surface area contributed by atoms with Crippen LogP contribution in [0.1, 0.15) is 18.4 Å². The van der Waals surface area contributed by atoms with Crippen molar-refractivity contribution in [1.29, 1.82) is 0 Å². The first-order chi connectivity index (χ1) is 12.1. The molecule has 0 aromatic heterocycles. The molecule has 2 fully saturated rings. The van der Waals surface area contributed by atoms with Gasteiger partial charge in [-0.3, -0.25) is 14.6 Å². The number of benzene rings is 1. The van der Waals surface area contributed by atoms with E-state index in [4.69, 9.17) is 4.74 Å². The quantitative estimate of drug-likeness (QED) is 0.895. The largest absolute Gasteiger partial charge is 0.379 e. The van der Waals surface area contributed by atoms with Gasteiger partial charge in [0, 0.05) is 38.6 Å². The monoisotopic (exact) mass is 349 g/mol. The first-order valence-electron chi connectivity index (χ1n) is 9.06. The number of rotatable bonds is 4. The van der Waals surface area contributed by atoms with Gasteiger partial charge in [0.25, 0.3) is 0 Å². The summed E-state index contributed by atoms with van der Waals surface area (Å²) in [6, 6.07) is 6.76. The van der Waals surface area contributed by atoms with Crippen molar-refractivity contribution in [2.24, 2.45) is 5.41 Å². The summed E-state index contributed by atoms with van der Waals surface area (Å²) in [4.78, 5) is 16.4. The second-order valence-electron chi connectivity index (χ2n) is 7.38. The number of carbonyl (C=O) groups excluding carboxylic acids is 1. The van der Waals surface area contributed by atoms with Gasteiger partial charge in [0.05, 0.1) is 19.8 Å². The number of carbonyl (C=O) groups is 1. The summed E-state index contributed by atoms with van der Waals surface area (Å²) in [5, 5.41) is 2.71. The third-order valence-electron chi connectivity index (χ3n) is 5.23. The molecule has 3 rings (SSSR count). The van der Waals surface area contributed by atoms with Crippen molar-refractivity contribution in [3.05, 3.63) is 35.6 Å². The van der Waals surface area contributed by atoms with E-state index in [1.807, 2.05) is 12.1 Å². The maximum absolute atomic E-state index is 13.1. The second kappa shape index (κ2) is 8.25. The van der Waals surface area contributed by atoms with E-state index in [2.05, 4.69) is 15.1 Å². The van der Waals surface area contributed by atoms with Crippen LogP contribution in [0.25, 0.3) is 0 Å². The zero-order valence-electron chi connectivity index (χ0n) is 15.0. The number of halogens is 1. The summed E-state index contributed by atoms with van der Waals surface area (Å²) in [6.45, 7) is 6.38. The number of nitrogens with zero attached hydrogens (tertiary/aromatic N) is 2. The summed E-state index contributed by atoms with van der Waals surface area (Å²) < 4.78 is 19.0. The molecule has 1 N–H and O–H groups in total. The number of ether oxygens (including phenoxy) is 1. The minimum atomic E-state index is -0.194. The smallest absolute Gasteiger partial charge is 0.233 e. The highest BCUT2D eigenvalue weighted by molar-refractivity contribution is 5.77. The fraction of sp³-hybridized carbons (Fsp3) is 0.632. The summed E-state index contributed by atoms with van der Waals surface area (Å²) in [6.07, 6.45) is 2.25. The lowest BCUT2D eigenvalue weighted by Gasteiger charge is -2.43. The summed E-state index contributed by atoms with van der Waals surface area (Å²) in [5.41, 5.74) is 1.21. The maximum atomic E-state index is 13.1. The van der Waals surface area contributed by atoms with Gasteiger partial charge in [0.15, 0.2) is 0 Å². The molecule has 5 nitrogen and oxygen atoms in total. The number of amides is 1. The Kier molecular flexibility index (Phi) is 6.04. The molecule has 6 heteroatoms. The Labute approximate surface area is 149 Å². The Balaban J connectivity index is 1.64. The molecule has 2 heterocycles. The van der Waals surface area contributed by atoms with Crippen molar-refractivity contribution < 1.29 is 13.9 Å². The molecule has 1 atom stereocenters. The molecule has 1 spiro atoms. The molecule has 0 saturated carbocycles. The van der Waals surface area contributed by atoms with Gasteiger partial charge in [-0.15, -0.1) is 0 Å². The Morgan fingerprint density at radius 2 is 2.00 bits per heavy atom. The van der Waals surface area contributed by atoms with E-state index in [1.54, 1.807) is 7.05 Å². The average Bonchev–Trinajstić information content (AvgIpc) is 2.79. The highest BCUT2D eigenvalue weighted by Crippen LogP contribution is 2.33. The molecule has 2 aliphatic heterocycles. The highest BCUT2D eigenvalue weighted by atomic mass is 19.1. The molecule has 25 heavy (non-hydrogen) atoms. The number of nitrogens with one attached hydrogen (secondary N) is 1. The third-order valence-corrected chi connectivity index (χ3v) is 5.23. The van der Waals surface area contributed by atoms with Gasteiger partial charge in [0.2, 0.25) is 5.91 Å². The molecule has 1 amide bonds. The van der Waals surface area contributed by atoms with Gasteiger partial charge in [0.1, 0.15) is 5.82 Å². The zero-order valence-corrected chi connectivity index (χ0v) is 15.0. The van der Waals surface area contributed by atoms with Crippen LogP contribution in [-0.2, 0) is 16.1 Å². The Morgan fingerprint density at radius 3 is 2.76 bits per heavy atom. The van der Waals surface area contributed by atoms with Gasteiger partial charge in [-0.05, 0) is 37.1 Å². The molecule has 2 aliphatic rings. The van der Waals surface area contributed by atoms with E-state index in [1.165, 1.54) is 12.1 Å². The van der Waals surface area contributed by atoms with Crippen molar-refractivity contribution in [2.75, 3.05) is 53.0 Å². The summed E-state index contributed by atoms with van der Waals surface area (Å²) >= 11 is 0. The molecular weight excluding hydrogens is 321 g/mol. The van der Waals surface area contributed by atoms with Crippen molar-refractivity contribution in [2.45, 2.75) is 19.4 Å². The maximum Gasteiger partial charge on any atom is 0.233 e. The molecule has 1 aromatic rings. The van der Waals surface area contributed by atoms with E-state index < -0.39 is 0 Å². The minimum Gasteiger partial charge on any atom is -0.379 e. The van der Waals surface area contributed by atoms with Crippen LogP contribution < -0.4 is 5.32 Å². The van der Waals surface area contributed by atoms with Crippen LogP contribution in [0.2, 0.25) is 0 Å². The molecular formula is C19H28FN3O2. The molecule has 2 saturated heterocycles. The molecule has 1 aromatic carbocycles. The number of likely N-dealkylation sites (tertiary alicyclic amines) is 1. The predicted octanol–water partition coefficient (Wildman–Crippen LogP) is 1.49. The van der Waals surface area contributed by atoms with Crippen LogP contribution in [0.4, 0.5) is 4.39 Å². The first-order valence-corrected chi connectivity index (χ1v) is 9.06. The normalized spacial score (nSPS) is 25.7. The molecule has 0 unspecified atom stereocenters.